The van der Waals surface area contributed by atoms with Gasteiger partial charge in [0.15, 0.2) is 0 Å². The van der Waals surface area contributed by atoms with E-state index in [9.17, 15) is 22.8 Å². The highest BCUT2D eigenvalue weighted by molar-refractivity contribution is 6.12. The maximum atomic E-state index is 12.6. The third kappa shape index (κ3) is 3.57. The quantitative estimate of drug-likeness (QED) is 0.856. The zero-order valence-electron chi connectivity index (χ0n) is 12.8. The van der Waals surface area contributed by atoms with Gasteiger partial charge in [0.05, 0.1) is 17.9 Å². The highest BCUT2D eigenvalue weighted by Crippen LogP contribution is 2.31. The first-order chi connectivity index (χ1) is 11.9. The fourth-order valence-electron chi connectivity index (χ4n) is 2.49. The van der Waals surface area contributed by atoms with Crippen LogP contribution in [0.3, 0.4) is 0 Å². The summed E-state index contributed by atoms with van der Waals surface area (Å²) < 4.78 is 43.1. The van der Waals surface area contributed by atoms with Gasteiger partial charge in [-0.05, 0) is 48.0 Å². The van der Waals surface area contributed by atoms with Gasteiger partial charge in [-0.3, -0.25) is 4.79 Å². The molecule has 0 unspecified atom stereocenters. The van der Waals surface area contributed by atoms with Crippen LogP contribution in [0.4, 0.5) is 29.3 Å². The summed E-state index contributed by atoms with van der Waals surface area (Å²) in [6.45, 7) is 0.568. The Kier molecular flexibility index (Phi) is 4.35. The second kappa shape index (κ2) is 6.46. The molecule has 0 aliphatic carbocycles. The van der Waals surface area contributed by atoms with Crippen molar-refractivity contribution < 1.29 is 27.5 Å². The molecule has 8 heteroatoms. The van der Waals surface area contributed by atoms with Crippen molar-refractivity contribution in [1.29, 1.82) is 0 Å². The van der Waals surface area contributed by atoms with Crippen molar-refractivity contribution >= 4 is 23.8 Å². The fourth-order valence-corrected chi connectivity index (χ4v) is 2.49. The normalized spacial score (nSPS) is 12.9. The number of alkyl halides is 3. The Labute approximate surface area is 141 Å². The van der Waals surface area contributed by atoms with Gasteiger partial charge in [0.2, 0.25) is 6.41 Å². The predicted octanol–water partition coefficient (Wildman–Crippen LogP) is 3.84. The Morgan fingerprint density at radius 2 is 1.88 bits per heavy atom. The Morgan fingerprint density at radius 3 is 2.52 bits per heavy atom. The van der Waals surface area contributed by atoms with Crippen molar-refractivity contribution in [3.63, 3.8) is 0 Å². The van der Waals surface area contributed by atoms with Crippen LogP contribution in [0.25, 0.3) is 0 Å². The number of nitrogens with zero attached hydrogens (tertiary/aromatic N) is 1. The maximum absolute atomic E-state index is 12.6. The van der Waals surface area contributed by atoms with E-state index in [1.807, 2.05) is 0 Å². The molecule has 3 rings (SSSR count). The molecule has 25 heavy (non-hydrogen) atoms. The van der Waals surface area contributed by atoms with Crippen LogP contribution in [0.15, 0.2) is 42.5 Å². The van der Waals surface area contributed by atoms with Gasteiger partial charge < -0.3 is 10.1 Å². The smallest absolute Gasteiger partial charge is 0.416 e. The van der Waals surface area contributed by atoms with E-state index < -0.39 is 17.8 Å². The van der Waals surface area contributed by atoms with Crippen molar-refractivity contribution in [2.24, 2.45) is 0 Å². The number of benzene rings is 2. The maximum Gasteiger partial charge on any atom is 0.416 e. The predicted molar refractivity (Wildman–Crippen MR) is 84.6 cm³/mol. The van der Waals surface area contributed by atoms with E-state index >= 15 is 0 Å². The molecule has 0 fully saturated rings. The van der Waals surface area contributed by atoms with Crippen LogP contribution in [-0.2, 0) is 17.4 Å². The molecule has 1 aliphatic heterocycles. The number of nitrogens with one attached hydrogen (secondary N) is 1. The molecule has 0 bridgehead atoms. The van der Waals surface area contributed by atoms with Crippen molar-refractivity contribution in [3.8, 4) is 5.75 Å². The zero-order valence-corrected chi connectivity index (χ0v) is 12.8. The fraction of sp³-hybridized carbons (Fsp3) is 0.176. The Balaban J connectivity index is 1.76. The van der Waals surface area contributed by atoms with Crippen molar-refractivity contribution in [3.05, 3.63) is 53.6 Å². The molecule has 0 radical (unpaired) electrons. The number of anilines is 2. The van der Waals surface area contributed by atoms with Crippen molar-refractivity contribution in [2.75, 3.05) is 16.8 Å². The molecule has 1 aliphatic rings. The number of halogens is 3. The molecule has 1 N–H and O–H groups in total. The molecule has 0 atom stereocenters. The van der Waals surface area contributed by atoms with Gasteiger partial charge in [-0.2, -0.15) is 13.2 Å². The SMILES string of the molecule is O=CN(C(=O)Nc1ccc2c(c1)CCO2)c1ccc(C(F)(F)F)cc1. The second-order valence-corrected chi connectivity index (χ2v) is 5.37. The third-order valence-corrected chi connectivity index (χ3v) is 3.74. The van der Waals surface area contributed by atoms with E-state index in [4.69, 9.17) is 4.74 Å². The number of fused-ring (bicyclic) bond motifs is 1. The average molecular weight is 350 g/mol. The van der Waals surface area contributed by atoms with Crippen LogP contribution in [0.5, 0.6) is 5.75 Å². The molecular weight excluding hydrogens is 337 g/mol. The van der Waals surface area contributed by atoms with Gasteiger partial charge in [-0.1, -0.05) is 0 Å². The average Bonchev–Trinajstić information content (AvgIpc) is 3.03. The van der Waals surface area contributed by atoms with Crippen LogP contribution in [0, 0.1) is 0 Å². The molecule has 0 aromatic heterocycles. The number of hydrogen-bond donors (Lipinski definition) is 1. The molecule has 0 saturated carbocycles. The van der Waals surface area contributed by atoms with Gasteiger partial charge in [0.25, 0.3) is 0 Å². The summed E-state index contributed by atoms with van der Waals surface area (Å²) in [6, 6.07) is 8.04. The van der Waals surface area contributed by atoms with Gasteiger partial charge >= 0.3 is 12.2 Å². The van der Waals surface area contributed by atoms with Crippen LogP contribution in [0.1, 0.15) is 11.1 Å². The lowest BCUT2D eigenvalue weighted by Crippen LogP contribution is -2.33. The molecule has 0 spiro atoms. The summed E-state index contributed by atoms with van der Waals surface area (Å²) in [5.74, 6) is 0.744. The number of hydrogen-bond acceptors (Lipinski definition) is 3. The summed E-state index contributed by atoms with van der Waals surface area (Å²) >= 11 is 0. The van der Waals surface area contributed by atoms with Gasteiger partial charge in [0.1, 0.15) is 5.75 Å². The topological polar surface area (TPSA) is 58.6 Å². The highest BCUT2D eigenvalue weighted by Gasteiger charge is 2.30. The van der Waals surface area contributed by atoms with E-state index in [2.05, 4.69) is 5.32 Å². The molecule has 2 aromatic carbocycles. The number of carbonyl (C=O) groups is 2. The number of urea groups is 1. The second-order valence-electron chi connectivity index (χ2n) is 5.37. The van der Waals surface area contributed by atoms with E-state index in [0.717, 1.165) is 42.0 Å². The monoisotopic (exact) mass is 350 g/mol. The first-order valence-electron chi connectivity index (χ1n) is 7.37. The lowest BCUT2D eigenvalue weighted by molar-refractivity contribution is -0.137. The largest absolute Gasteiger partial charge is 0.493 e. The molecule has 130 valence electrons. The lowest BCUT2D eigenvalue weighted by Gasteiger charge is -2.17. The van der Waals surface area contributed by atoms with Gasteiger partial charge in [-0.25, -0.2) is 9.69 Å². The van der Waals surface area contributed by atoms with Crippen LogP contribution in [0.2, 0.25) is 0 Å². The number of amides is 3. The van der Waals surface area contributed by atoms with Gasteiger partial charge in [0, 0.05) is 12.1 Å². The standard InChI is InChI=1S/C17H13F3N2O3/c18-17(19,20)12-1-4-14(5-2-12)22(10-23)16(24)21-13-3-6-15-11(9-13)7-8-25-15/h1-6,9-10H,7-8H2,(H,21,24). The van der Waals surface area contributed by atoms with E-state index in [1.165, 1.54) is 0 Å². The molecule has 0 saturated heterocycles. The summed E-state index contributed by atoms with van der Waals surface area (Å²) in [5, 5.41) is 2.54. The van der Waals surface area contributed by atoms with Crippen molar-refractivity contribution in [1.82, 2.24) is 0 Å². The number of carbonyl (C=O) groups excluding carboxylic acids is 2. The van der Waals surface area contributed by atoms with Crippen LogP contribution < -0.4 is 15.0 Å². The summed E-state index contributed by atoms with van der Waals surface area (Å²) in [4.78, 5) is 24.2. The number of rotatable bonds is 3. The third-order valence-electron chi connectivity index (χ3n) is 3.74. The highest BCUT2D eigenvalue weighted by atomic mass is 19.4. The zero-order chi connectivity index (χ0) is 18.0. The Bertz CT molecular complexity index is 804. The van der Waals surface area contributed by atoms with Crippen LogP contribution in [-0.4, -0.2) is 19.0 Å². The Hall–Kier alpha value is -3.03. The summed E-state index contributed by atoms with van der Waals surface area (Å²) in [6.07, 6.45) is -3.52. The molecule has 1 heterocycles. The number of ether oxygens (including phenoxy) is 1. The lowest BCUT2D eigenvalue weighted by atomic mass is 10.1. The van der Waals surface area contributed by atoms with Crippen molar-refractivity contribution in [2.45, 2.75) is 12.6 Å². The Morgan fingerprint density at radius 1 is 1.16 bits per heavy atom. The minimum absolute atomic E-state index is 0.0324. The first kappa shape index (κ1) is 16.8. The molecular formula is C17H13F3N2O3. The van der Waals surface area contributed by atoms with Gasteiger partial charge in [-0.15, -0.1) is 0 Å². The molecule has 3 amide bonds. The minimum Gasteiger partial charge on any atom is -0.493 e. The van der Waals surface area contributed by atoms with Crippen LogP contribution >= 0.6 is 0 Å². The first-order valence-corrected chi connectivity index (χ1v) is 7.37. The summed E-state index contributed by atoms with van der Waals surface area (Å²) in [5.41, 5.74) is 0.573. The minimum atomic E-state index is -4.49. The molecule has 5 nitrogen and oxygen atoms in total. The number of imide groups is 1. The molecule has 2 aromatic rings. The van der Waals surface area contributed by atoms with E-state index in [-0.39, 0.29) is 12.1 Å². The summed E-state index contributed by atoms with van der Waals surface area (Å²) in [7, 11) is 0. The van der Waals surface area contributed by atoms with E-state index in [0.29, 0.717) is 17.2 Å². The van der Waals surface area contributed by atoms with E-state index in [1.54, 1.807) is 18.2 Å².